The number of allylic oxidation sites excluding steroid dienone is 1. The molecule has 6 aliphatic heterocycles. The van der Waals surface area contributed by atoms with Gasteiger partial charge in [-0.2, -0.15) is 0 Å². The molecule has 6 rings (SSSR count). The zero-order valence-electron chi connectivity index (χ0n) is 72.1. The van der Waals surface area contributed by atoms with E-state index in [2.05, 4.69) is 35.1 Å². The van der Waals surface area contributed by atoms with Gasteiger partial charge in [-0.05, 0) is 19.3 Å². The fourth-order valence-corrected chi connectivity index (χ4v) is 16.4. The Bertz CT molecular complexity index is 3160. The topological polar surface area (TPSA) is 686 Å². The number of nitrogens with one attached hydrogen (secondary N) is 4. The third kappa shape index (κ3) is 31.8. The summed E-state index contributed by atoms with van der Waals surface area (Å²) in [6.45, 7) is -0.631. The standard InChI is InChI=1S/C82H144N4O39/c1-6-8-10-12-14-16-18-20-22-24-26-28-30-32-47(95)46(86-56(100)33-31-29-27-25-23-21-19-17-15-13-11-9-7-2)41-114-76-66(107)64(105)70(53(39-90)117-76)121-77-67(108)65(106)69(54(40-91)118-77)120-75-59(85-45(5)94)71(63(104)55(119-75)42-115-81(79(110)111)34-48(96)57(83-43(3)92)72(123-81)60(101)50(98)36-87)122-78-68(109)74(62(103)52(38-89)116-78)125-82(80(112)113)35-49(97)58(84-44(4)93)73(124-82)61(102)51(99)37-88/h30,32,46-55,57-78,87-91,95-99,101-109H,6-29,31,33-42H2,1-5H3,(H,83,92)(H,84,93)(H,85,94)(H,86,100)(H,110,111)(H,112,113)/b32-30+/t46-,47+,48?,49?,50+,51+,52?,53?,54?,55?,57+,58+,59?,60+,61+,62-,63-,64+,65+,66?,67?,68?,69-,70+,71+,72?,73?,74-,75-,76+,77-,78-,81+,82-/m0/s1. The number of aliphatic hydroxyl groups is 19. The Morgan fingerprint density at radius 1 is 0.432 bits per heavy atom. The second-order valence-electron chi connectivity index (χ2n) is 33.6. The minimum atomic E-state index is -3.36. The number of unbranched alkanes of at least 4 members (excludes halogenated alkanes) is 23. The van der Waals surface area contributed by atoms with Crippen molar-refractivity contribution in [3.05, 3.63) is 12.2 Å². The zero-order chi connectivity index (χ0) is 92.4. The molecule has 25 N–H and O–H groups in total. The highest BCUT2D eigenvalue weighted by atomic mass is 16.8. The number of aliphatic hydroxyl groups excluding tert-OH is 19. The maximum atomic E-state index is 13.6. The molecule has 125 heavy (non-hydrogen) atoms. The number of hydrogen-bond acceptors (Lipinski definition) is 37. The van der Waals surface area contributed by atoms with Gasteiger partial charge in [0.15, 0.2) is 25.2 Å². The van der Waals surface area contributed by atoms with Crippen molar-refractivity contribution in [2.24, 2.45) is 0 Å². The van der Waals surface area contributed by atoms with Crippen LogP contribution in [0.15, 0.2) is 12.2 Å². The molecular weight excluding hydrogens is 1660 g/mol. The van der Waals surface area contributed by atoms with Gasteiger partial charge in [0.1, 0.15) is 134 Å². The summed E-state index contributed by atoms with van der Waals surface area (Å²) in [7, 11) is 0. The first-order valence-electron chi connectivity index (χ1n) is 44.2. The van der Waals surface area contributed by atoms with Crippen LogP contribution in [0.25, 0.3) is 0 Å². The van der Waals surface area contributed by atoms with Crippen LogP contribution in [0.2, 0.25) is 0 Å². The molecule has 6 aliphatic rings. The van der Waals surface area contributed by atoms with Crippen LogP contribution in [-0.4, -0.2) is 396 Å². The highest BCUT2D eigenvalue weighted by molar-refractivity contribution is 5.78. The summed E-state index contributed by atoms with van der Waals surface area (Å²) in [6.07, 6.45) is -32.8. The first-order valence-corrected chi connectivity index (χ1v) is 44.2. The number of hydrogen-bond donors (Lipinski definition) is 25. The van der Waals surface area contributed by atoms with Gasteiger partial charge in [-0.1, -0.05) is 167 Å². The molecule has 0 bridgehead atoms. The summed E-state index contributed by atoms with van der Waals surface area (Å²) in [5, 5.41) is 246. The van der Waals surface area contributed by atoms with E-state index in [-0.39, 0.29) is 6.42 Å². The molecule has 43 heteroatoms. The lowest BCUT2D eigenvalue weighted by Crippen LogP contribution is -2.72. The highest BCUT2D eigenvalue weighted by Crippen LogP contribution is 2.42. The lowest BCUT2D eigenvalue weighted by molar-refractivity contribution is -0.391. The van der Waals surface area contributed by atoms with Gasteiger partial charge in [-0.15, -0.1) is 0 Å². The number of carbonyl (C=O) groups is 6. The van der Waals surface area contributed by atoms with E-state index in [0.717, 1.165) is 85.0 Å². The molecule has 0 aromatic heterocycles. The molecule has 4 amide bonds. The van der Waals surface area contributed by atoms with E-state index in [1.807, 2.05) is 0 Å². The number of ether oxygens (including phenoxy) is 12. The van der Waals surface area contributed by atoms with Crippen LogP contribution in [0.5, 0.6) is 0 Å². The number of amides is 4. The fraction of sp³-hybridized carbons (Fsp3) is 0.902. The number of carboxylic acid groups (broad SMARTS) is 2. The van der Waals surface area contributed by atoms with Crippen molar-refractivity contribution in [2.75, 3.05) is 46.2 Å². The van der Waals surface area contributed by atoms with E-state index in [1.165, 1.54) is 89.5 Å². The monoisotopic (exact) mass is 1810 g/mol. The van der Waals surface area contributed by atoms with Gasteiger partial charge in [0, 0.05) is 40.0 Å². The van der Waals surface area contributed by atoms with E-state index in [9.17, 15) is 136 Å². The number of rotatable bonds is 57. The predicted molar refractivity (Wildman–Crippen MR) is 431 cm³/mol. The maximum Gasteiger partial charge on any atom is 0.364 e. The molecule has 43 nitrogen and oxygen atoms in total. The Morgan fingerprint density at radius 2 is 0.816 bits per heavy atom. The van der Waals surface area contributed by atoms with E-state index >= 15 is 0 Å². The van der Waals surface area contributed by atoms with Crippen LogP contribution in [0.4, 0.5) is 0 Å². The summed E-state index contributed by atoms with van der Waals surface area (Å²) in [5.41, 5.74) is 0. The van der Waals surface area contributed by atoms with E-state index in [0.29, 0.717) is 12.8 Å². The third-order valence-corrected chi connectivity index (χ3v) is 23.6. The normalized spacial score (nSPS) is 35.5. The van der Waals surface area contributed by atoms with Crippen LogP contribution in [0, 0.1) is 0 Å². The van der Waals surface area contributed by atoms with Gasteiger partial charge in [0.2, 0.25) is 23.6 Å². The molecule has 34 atom stereocenters. The third-order valence-electron chi connectivity index (χ3n) is 23.6. The first-order chi connectivity index (χ1) is 59.5. The largest absolute Gasteiger partial charge is 0.477 e. The summed E-state index contributed by atoms with van der Waals surface area (Å²) in [6, 6.07) is -6.80. The van der Waals surface area contributed by atoms with Crippen molar-refractivity contribution in [3.63, 3.8) is 0 Å². The average molecular weight is 1810 g/mol. The van der Waals surface area contributed by atoms with Gasteiger partial charge in [-0.3, -0.25) is 19.2 Å². The molecule has 6 heterocycles. The number of carbonyl (C=O) groups excluding carboxylic acids is 4. The molecule has 0 radical (unpaired) electrons. The second kappa shape index (κ2) is 55.0. The second-order valence-corrected chi connectivity index (χ2v) is 33.6. The molecule has 12 unspecified atom stereocenters. The van der Waals surface area contributed by atoms with Gasteiger partial charge in [0.25, 0.3) is 11.6 Å². The zero-order valence-corrected chi connectivity index (χ0v) is 72.1. The summed E-state index contributed by atoms with van der Waals surface area (Å²) in [4.78, 5) is 78.7. The smallest absolute Gasteiger partial charge is 0.364 e. The Kier molecular flexibility index (Phi) is 48.0. The van der Waals surface area contributed by atoms with Gasteiger partial charge < -0.3 is 185 Å². The minimum Gasteiger partial charge on any atom is -0.477 e. The molecule has 0 saturated carbocycles. The minimum absolute atomic E-state index is 0.128. The Morgan fingerprint density at radius 3 is 1.27 bits per heavy atom. The van der Waals surface area contributed by atoms with Crippen molar-refractivity contribution in [1.29, 1.82) is 0 Å². The highest BCUT2D eigenvalue weighted by Gasteiger charge is 2.63. The quantitative estimate of drug-likeness (QED) is 0.0201. The van der Waals surface area contributed by atoms with Crippen molar-refractivity contribution >= 4 is 35.6 Å². The van der Waals surface area contributed by atoms with Crippen LogP contribution in [-0.2, 0) is 85.6 Å². The summed E-state index contributed by atoms with van der Waals surface area (Å²) in [5.74, 6) is -14.1. The van der Waals surface area contributed by atoms with Gasteiger partial charge in [-0.25, -0.2) is 9.59 Å². The molecule has 0 aliphatic carbocycles. The van der Waals surface area contributed by atoms with Gasteiger partial charge in [0.05, 0.1) is 82.7 Å². The summed E-state index contributed by atoms with van der Waals surface area (Å²) >= 11 is 0. The van der Waals surface area contributed by atoms with Crippen molar-refractivity contribution in [3.8, 4) is 0 Å². The Hall–Kier alpha value is -4.68. The Labute approximate surface area is 727 Å². The molecular formula is C82H144N4O39. The first kappa shape index (κ1) is 109. The van der Waals surface area contributed by atoms with E-state index in [1.54, 1.807) is 6.08 Å². The molecule has 6 saturated heterocycles. The van der Waals surface area contributed by atoms with Gasteiger partial charge >= 0.3 is 11.9 Å². The van der Waals surface area contributed by atoms with Crippen LogP contribution < -0.4 is 21.3 Å². The number of carboxylic acids is 2. The van der Waals surface area contributed by atoms with Crippen LogP contribution in [0.1, 0.15) is 214 Å². The van der Waals surface area contributed by atoms with Crippen LogP contribution in [0.3, 0.4) is 0 Å². The maximum absolute atomic E-state index is 13.6. The molecule has 0 aromatic carbocycles. The van der Waals surface area contributed by atoms with Crippen LogP contribution >= 0.6 is 0 Å². The predicted octanol–water partition coefficient (Wildman–Crippen LogP) is -4.65. The molecule has 0 spiro atoms. The average Bonchev–Trinajstić information content (AvgIpc) is 0.753. The number of aliphatic carboxylic acids is 2. The van der Waals surface area contributed by atoms with E-state index < -0.39 is 302 Å². The van der Waals surface area contributed by atoms with Crippen molar-refractivity contribution < 1.29 is 193 Å². The van der Waals surface area contributed by atoms with Crippen molar-refractivity contribution in [1.82, 2.24) is 21.3 Å². The molecule has 6 fully saturated rings. The summed E-state index contributed by atoms with van der Waals surface area (Å²) < 4.78 is 71.5. The lowest BCUT2D eigenvalue weighted by Gasteiger charge is -2.52. The Balaban J connectivity index is 1.26. The van der Waals surface area contributed by atoms with E-state index in [4.69, 9.17) is 56.8 Å². The molecule has 0 aromatic rings. The molecule has 726 valence electrons. The SMILES string of the molecule is CCCCCCCCCCCCC/C=C/[C@@H](O)[C@H](CO[C@@H]1OC(CO)[C@@H](O[C@@H]2OC(CO)[C@H](O[C@@H]3OC(CO[C@]4(C(=O)O)CC(O)[C@@H](NC(C)=O)C([C@H](O)[C@H](O)CO)O4)[C@H](O)[C@H](O[C@@H]4OC(CO)[C@H](O)[C@H](O[C@]5(C(=O)O)CC(O)[C@@H](NC(C)=O)C([C@H](O)[C@H](O)CO)O5)C4O)C3NC(C)=O)[C@H](O)C2O)[C@H](O)C1O)NC(=O)CCCCCCCCCCCCCCC. The fourth-order valence-electron chi connectivity index (χ4n) is 16.4. The van der Waals surface area contributed by atoms with Crippen molar-refractivity contribution in [2.45, 2.75) is 422 Å². The lowest BCUT2D eigenvalue weighted by atomic mass is 9.88.